The van der Waals surface area contributed by atoms with Crippen LogP contribution in [0.5, 0.6) is 0 Å². The van der Waals surface area contributed by atoms with E-state index in [0.717, 1.165) is 29.3 Å². The van der Waals surface area contributed by atoms with Crippen molar-refractivity contribution in [3.63, 3.8) is 0 Å². The first-order valence-electron chi connectivity index (χ1n) is 11.0. The van der Waals surface area contributed by atoms with E-state index >= 15 is 0 Å². The molecule has 1 aliphatic carbocycles. The summed E-state index contributed by atoms with van der Waals surface area (Å²) in [5, 5.41) is 4.11. The number of aryl methyl sites for hydroxylation is 2. The molecule has 0 amide bonds. The van der Waals surface area contributed by atoms with E-state index in [2.05, 4.69) is 14.8 Å². The topological polar surface area (TPSA) is 76.9 Å². The molecule has 2 aromatic carbocycles. The number of nitrogens with one attached hydrogen (secondary N) is 1. The number of nitrogens with zero attached hydrogens (tertiary/aromatic N) is 3. The fourth-order valence-corrected chi connectivity index (χ4v) is 5.69. The predicted molar refractivity (Wildman–Crippen MR) is 125 cm³/mol. The highest BCUT2D eigenvalue weighted by Crippen LogP contribution is 2.44. The molecule has 1 atom stereocenters. The zero-order valence-corrected chi connectivity index (χ0v) is 19.7. The van der Waals surface area contributed by atoms with Crippen LogP contribution >= 0.6 is 0 Å². The lowest BCUT2D eigenvalue weighted by atomic mass is 9.87. The summed E-state index contributed by atoms with van der Waals surface area (Å²) in [7, 11) is -2.35. The second kappa shape index (κ2) is 8.74. The number of hydrogen-bond donors (Lipinski definition) is 1. The molecule has 11 heteroatoms. The van der Waals surface area contributed by atoms with Crippen LogP contribution in [0.4, 0.5) is 23.4 Å². The first kappa shape index (κ1) is 24.0. The molecule has 0 unspecified atom stereocenters. The van der Waals surface area contributed by atoms with Crippen molar-refractivity contribution in [3.05, 3.63) is 95.1 Å². The van der Waals surface area contributed by atoms with Crippen molar-refractivity contribution >= 4 is 15.8 Å². The highest BCUT2D eigenvalue weighted by Gasteiger charge is 2.34. The number of benzene rings is 2. The number of pyridine rings is 1. The average molecular weight is 517 g/mol. The van der Waals surface area contributed by atoms with Gasteiger partial charge in [-0.3, -0.25) is 9.40 Å². The molecular formula is C25H20F4N4O2S. The summed E-state index contributed by atoms with van der Waals surface area (Å²) in [4.78, 5) is 3.52. The molecular weight excluding hydrogens is 496 g/mol. The second-order valence-electron chi connectivity index (χ2n) is 8.54. The normalized spacial score (nSPS) is 15.6. The molecule has 5 rings (SSSR count). The molecule has 1 N–H and O–H groups in total. The lowest BCUT2D eigenvalue weighted by Crippen LogP contribution is -2.14. The van der Waals surface area contributed by atoms with Gasteiger partial charge in [0.2, 0.25) is 5.95 Å². The standard InChI is InChI=1S/C25H20F4N4O2S/c1-33-22(11-12-30-33)21-14-16(25(27,28)29)6-9-20(21)19-8-5-15-13-17(7-10-18(15)19)36(34,35)32-24-4-2-3-23(26)31-24/h2-4,6-7,9-14,19H,5,8H2,1H3,(H,31,32)/t19-/m0/s1. The number of halogens is 4. The number of rotatable bonds is 5. The summed E-state index contributed by atoms with van der Waals surface area (Å²) in [6, 6.07) is 13.8. The monoisotopic (exact) mass is 516 g/mol. The SMILES string of the molecule is Cn1nccc1-c1cc(C(F)(F)F)ccc1[C@H]1CCc2cc(S(=O)(=O)Nc3cccc(F)n3)ccc21. The Bertz CT molecular complexity index is 1560. The molecule has 6 nitrogen and oxygen atoms in total. The van der Waals surface area contributed by atoms with E-state index in [-0.39, 0.29) is 16.6 Å². The quantitative estimate of drug-likeness (QED) is 0.280. The Morgan fingerprint density at radius 3 is 2.50 bits per heavy atom. The molecule has 186 valence electrons. The van der Waals surface area contributed by atoms with Crippen LogP contribution in [0.3, 0.4) is 0 Å². The zero-order valence-electron chi connectivity index (χ0n) is 18.9. The van der Waals surface area contributed by atoms with Gasteiger partial charge >= 0.3 is 6.18 Å². The molecule has 2 aromatic heterocycles. The van der Waals surface area contributed by atoms with Gasteiger partial charge in [-0.1, -0.05) is 18.2 Å². The van der Waals surface area contributed by atoms with Crippen molar-refractivity contribution in [2.45, 2.75) is 29.8 Å². The van der Waals surface area contributed by atoms with Crippen molar-refractivity contribution in [1.29, 1.82) is 0 Å². The van der Waals surface area contributed by atoms with E-state index < -0.39 is 27.7 Å². The van der Waals surface area contributed by atoms with Crippen LogP contribution in [0.25, 0.3) is 11.3 Å². The molecule has 4 aromatic rings. The minimum atomic E-state index is -4.49. The van der Waals surface area contributed by atoms with E-state index in [0.29, 0.717) is 29.7 Å². The second-order valence-corrected chi connectivity index (χ2v) is 10.2. The fourth-order valence-electron chi connectivity index (χ4n) is 4.64. The van der Waals surface area contributed by atoms with Crippen molar-refractivity contribution < 1.29 is 26.0 Å². The molecule has 2 heterocycles. The third kappa shape index (κ3) is 4.46. The maximum absolute atomic E-state index is 13.5. The third-order valence-electron chi connectivity index (χ3n) is 6.31. The number of alkyl halides is 3. The Kier molecular flexibility index (Phi) is 5.82. The summed E-state index contributed by atoms with van der Waals surface area (Å²) in [6.45, 7) is 0. The minimum absolute atomic E-state index is 0.00719. The maximum atomic E-state index is 13.5. The van der Waals surface area contributed by atoms with E-state index in [4.69, 9.17) is 0 Å². The van der Waals surface area contributed by atoms with Crippen LogP contribution < -0.4 is 4.72 Å². The van der Waals surface area contributed by atoms with E-state index in [9.17, 15) is 26.0 Å². The molecule has 1 aliphatic rings. The van der Waals surface area contributed by atoms with E-state index in [1.807, 2.05) is 0 Å². The molecule has 0 saturated carbocycles. The van der Waals surface area contributed by atoms with E-state index in [1.165, 1.54) is 35.1 Å². The number of anilines is 1. The Morgan fingerprint density at radius 1 is 1.03 bits per heavy atom. The molecule has 0 aliphatic heterocycles. The van der Waals surface area contributed by atoms with Crippen molar-refractivity contribution in [2.75, 3.05) is 4.72 Å². The van der Waals surface area contributed by atoms with Gasteiger partial charge in [0.1, 0.15) is 5.82 Å². The van der Waals surface area contributed by atoms with Crippen LogP contribution in [-0.4, -0.2) is 23.2 Å². The Hall–Kier alpha value is -3.73. The maximum Gasteiger partial charge on any atom is 0.416 e. The highest BCUT2D eigenvalue weighted by atomic mass is 32.2. The number of fused-ring (bicyclic) bond motifs is 1. The summed E-state index contributed by atoms with van der Waals surface area (Å²) in [6.07, 6.45) is -1.81. The third-order valence-corrected chi connectivity index (χ3v) is 7.66. The average Bonchev–Trinajstić information content (AvgIpc) is 3.43. The lowest BCUT2D eigenvalue weighted by molar-refractivity contribution is -0.137. The molecule has 0 radical (unpaired) electrons. The lowest BCUT2D eigenvalue weighted by Gasteiger charge is -2.19. The van der Waals surface area contributed by atoms with Crippen LogP contribution in [0, 0.1) is 5.95 Å². The van der Waals surface area contributed by atoms with Crippen molar-refractivity contribution in [2.24, 2.45) is 7.05 Å². The number of hydrogen-bond acceptors (Lipinski definition) is 4. The Balaban J connectivity index is 1.52. The first-order chi connectivity index (χ1) is 17.0. The summed E-state index contributed by atoms with van der Waals surface area (Å²) >= 11 is 0. The molecule has 0 fully saturated rings. The van der Waals surface area contributed by atoms with Crippen molar-refractivity contribution in [1.82, 2.24) is 14.8 Å². The van der Waals surface area contributed by atoms with Crippen LogP contribution in [0.15, 0.2) is 71.8 Å². The van der Waals surface area contributed by atoms with Gasteiger partial charge in [-0.05, 0) is 72.0 Å². The summed E-state index contributed by atoms with van der Waals surface area (Å²) < 4.78 is 83.3. The van der Waals surface area contributed by atoms with Gasteiger partial charge in [0.25, 0.3) is 10.0 Å². The van der Waals surface area contributed by atoms with Gasteiger partial charge < -0.3 is 0 Å². The Morgan fingerprint density at radius 2 is 1.81 bits per heavy atom. The zero-order chi connectivity index (χ0) is 25.7. The first-order valence-corrected chi connectivity index (χ1v) is 12.5. The van der Waals surface area contributed by atoms with Gasteiger partial charge in [-0.25, -0.2) is 13.4 Å². The van der Waals surface area contributed by atoms with Gasteiger partial charge in [-0.15, -0.1) is 0 Å². The van der Waals surface area contributed by atoms with E-state index in [1.54, 1.807) is 25.2 Å². The minimum Gasteiger partial charge on any atom is -0.268 e. The molecule has 0 bridgehead atoms. The molecule has 36 heavy (non-hydrogen) atoms. The number of sulfonamides is 1. The van der Waals surface area contributed by atoms with Gasteiger partial charge in [0, 0.05) is 24.7 Å². The highest BCUT2D eigenvalue weighted by molar-refractivity contribution is 7.92. The largest absolute Gasteiger partial charge is 0.416 e. The Labute approximate surface area is 204 Å². The predicted octanol–water partition coefficient (Wildman–Crippen LogP) is 5.52. The van der Waals surface area contributed by atoms with Crippen molar-refractivity contribution in [3.8, 4) is 11.3 Å². The smallest absolute Gasteiger partial charge is 0.268 e. The summed E-state index contributed by atoms with van der Waals surface area (Å²) in [5.74, 6) is -1.17. The van der Waals surface area contributed by atoms with Crippen LogP contribution in [-0.2, 0) is 29.7 Å². The van der Waals surface area contributed by atoms with Crippen LogP contribution in [0.2, 0.25) is 0 Å². The van der Waals surface area contributed by atoms with Gasteiger partial charge in [0.15, 0.2) is 0 Å². The molecule has 0 saturated heterocycles. The summed E-state index contributed by atoms with van der Waals surface area (Å²) in [5.41, 5.74) is 2.57. The number of aromatic nitrogens is 3. The fraction of sp³-hybridized carbons (Fsp3) is 0.200. The van der Waals surface area contributed by atoms with Gasteiger partial charge in [0.05, 0.1) is 16.2 Å². The van der Waals surface area contributed by atoms with Crippen LogP contribution in [0.1, 0.15) is 34.6 Å². The van der Waals surface area contributed by atoms with Gasteiger partial charge in [-0.2, -0.15) is 22.7 Å². The molecule has 0 spiro atoms.